The van der Waals surface area contributed by atoms with Gasteiger partial charge in [0.05, 0.1) is 5.75 Å². The summed E-state index contributed by atoms with van der Waals surface area (Å²) in [7, 11) is 1.61. The molecule has 2 aromatic carbocycles. The van der Waals surface area contributed by atoms with Crippen molar-refractivity contribution in [3.8, 4) is 0 Å². The van der Waals surface area contributed by atoms with Gasteiger partial charge in [-0.3, -0.25) is 9.59 Å². The van der Waals surface area contributed by atoms with Crippen LogP contribution >= 0.6 is 11.8 Å². The Hall–Kier alpha value is -2.27. The van der Waals surface area contributed by atoms with E-state index in [1.54, 1.807) is 11.9 Å². The fourth-order valence-electron chi connectivity index (χ4n) is 2.61. The zero-order valence-corrected chi connectivity index (χ0v) is 15.5. The Morgan fingerprint density at radius 1 is 1.04 bits per heavy atom. The predicted octanol–water partition coefficient (Wildman–Crippen LogP) is 3.33. The molecule has 0 bridgehead atoms. The van der Waals surface area contributed by atoms with Crippen molar-refractivity contribution in [2.24, 2.45) is 0 Å². The van der Waals surface area contributed by atoms with Crippen LogP contribution in [-0.4, -0.2) is 35.6 Å². The average molecular weight is 356 g/mol. The van der Waals surface area contributed by atoms with Gasteiger partial charge in [-0.05, 0) is 24.1 Å². The smallest absolute Gasteiger partial charge is 0.242 e. The van der Waals surface area contributed by atoms with Crippen LogP contribution in [0.3, 0.4) is 0 Å². The molecular formula is C20H24N2O2S. The van der Waals surface area contributed by atoms with Crippen molar-refractivity contribution >= 4 is 23.6 Å². The van der Waals surface area contributed by atoms with Gasteiger partial charge in [-0.25, -0.2) is 0 Å². The van der Waals surface area contributed by atoms with E-state index in [4.69, 9.17) is 0 Å². The molecule has 0 aliphatic carbocycles. The largest absolute Gasteiger partial charge is 0.357 e. The van der Waals surface area contributed by atoms with E-state index in [-0.39, 0.29) is 11.8 Å². The topological polar surface area (TPSA) is 49.4 Å². The maximum Gasteiger partial charge on any atom is 0.242 e. The third-order valence-corrected chi connectivity index (χ3v) is 4.93. The van der Waals surface area contributed by atoms with E-state index in [0.29, 0.717) is 18.7 Å². The molecule has 0 unspecified atom stereocenters. The number of likely N-dealkylation sites (N-methyl/N-ethyl adjacent to an activating group) is 1. The zero-order valence-electron chi connectivity index (χ0n) is 14.6. The Morgan fingerprint density at radius 2 is 1.64 bits per heavy atom. The molecule has 5 heteroatoms. The first-order chi connectivity index (χ1) is 12.2. The van der Waals surface area contributed by atoms with Crippen LogP contribution in [0.4, 0.5) is 0 Å². The standard InChI is InChI=1S/C20H24N2O2S/c1-3-18(20(24)21-2)22(14-16-10-6-4-7-11-16)19(23)15-25-17-12-8-5-9-13-17/h4-13,18H,3,14-15H2,1-2H3,(H,21,24)/t18-/m0/s1. The van der Waals surface area contributed by atoms with Crippen LogP contribution in [0.15, 0.2) is 65.6 Å². The Labute approximate surface area is 153 Å². The summed E-state index contributed by atoms with van der Waals surface area (Å²) in [6.45, 7) is 2.36. The number of nitrogens with one attached hydrogen (secondary N) is 1. The minimum Gasteiger partial charge on any atom is -0.357 e. The molecule has 0 aromatic heterocycles. The summed E-state index contributed by atoms with van der Waals surface area (Å²) in [4.78, 5) is 27.8. The van der Waals surface area contributed by atoms with Crippen molar-refractivity contribution in [3.63, 3.8) is 0 Å². The van der Waals surface area contributed by atoms with E-state index in [9.17, 15) is 9.59 Å². The first-order valence-corrected chi connectivity index (χ1v) is 9.37. The number of hydrogen-bond donors (Lipinski definition) is 1. The van der Waals surface area contributed by atoms with Gasteiger partial charge in [-0.2, -0.15) is 0 Å². The third kappa shape index (κ3) is 5.64. The first-order valence-electron chi connectivity index (χ1n) is 8.38. The predicted molar refractivity (Wildman–Crippen MR) is 102 cm³/mol. The van der Waals surface area contributed by atoms with Crippen LogP contribution in [0.5, 0.6) is 0 Å². The molecule has 0 fully saturated rings. The molecule has 0 aliphatic heterocycles. The van der Waals surface area contributed by atoms with E-state index in [0.717, 1.165) is 10.5 Å². The highest BCUT2D eigenvalue weighted by atomic mass is 32.2. The van der Waals surface area contributed by atoms with E-state index < -0.39 is 6.04 Å². The lowest BCUT2D eigenvalue weighted by Gasteiger charge is -2.30. The molecule has 2 aromatic rings. The molecule has 25 heavy (non-hydrogen) atoms. The van der Waals surface area contributed by atoms with Gasteiger partial charge in [0.1, 0.15) is 6.04 Å². The quantitative estimate of drug-likeness (QED) is 0.738. The molecule has 0 saturated carbocycles. The number of nitrogens with zero attached hydrogens (tertiary/aromatic N) is 1. The van der Waals surface area contributed by atoms with Gasteiger partial charge in [0.15, 0.2) is 0 Å². The number of hydrogen-bond acceptors (Lipinski definition) is 3. The molecule has 0 aliphatic rings. The molecule has 0 spiro atoms. The molecule has 132 valence electrons. The second-order valence-electron chi connectivity index (χ2n) is 5.65. The highest BCUT2D eigenvalue weighted by Gasteiger charge is 2.27. The summed E-state index contributed by atoms with van der Waals surface area (Å²) >= 11 is 1.49. The van der Waals surface area contributed by atoms with Gasteiger partial charge in [-0.15, -0.1) is 11.8 Å². The lowest BCUT2D eigenvalue weighted by atomic mass is 10.1. The maximum absolute atomic E-state index is 12.9. The second-order valence-corrected chi connectivity index (χ2v) is 6.70. The van der Waals surface area contributed by atoms with E-state index in [1.807, 2.05) is 67.6 Å². The normalized spacial score (nSPS) is 11.6. The first kappa shape index (κ1) is 19.1. The molecule has 0 saturated heterocycles. The summed E-state index contributed by atoms with van der Waals surface area (Å²) in [5, 5.41) is 2.67. The molecule has 2 rings (SSSR count). The number of amides is 2. The van der Waals surface area contributed by atoms with E-state index in [1.165, 1.54) is 11.8 Å². The highest BCUT2D eigenvalue weighted by molar-refractivity contribution is 8.00. The number of carbonyl (C=O) groups excluding carboxylic acids is 2. The molecule has 0 radical (unpaired) electrons. The van der Waals surface area contributed by atoms with Crippen LogP contribution in [-0.2, 0) is 16.1 Å². The number of rotatable bonds is 8. The maximum atomic E-state index is 12.9. The Bertz CT molecular complexity index is 677. The minimum absolute atomic E-state index is 0.0341. The van der Waals surface area contributed by atoms with Gasteiger partial charge >= 0.3 is 0 Å². The highest BCUT2D eigenvalue weighted by Crippen LogP contribution is 2.20. The van der Waals surface area contributed by atoms with Crippen molar-refractivity contribution in [2.75, 3.05) is 12.8 Å². The molecule has 2 amide bonds. The van der Waals surface area contributed by atoms with Gasteiger partial charge in [0.2, 0.25) is 11.8 Å². The van der Waals surface area contributed by atoms with Crippen LogP contribution in [0, 0.1) is 0 Å². The fourth-order valence-corrected chi connectivity index (χ4v) is 3.42. The molecule has 0 heterocycles. The molecule has 4 nitrogen and oxygen atoms in total. The van der Waals surface area contributed by atoms with Crippen LogP contribution in [0.25, 0.3) is 0 Å². The molecule has 1 N–H and O–H groups in total. The van der Waals surface area contributed by atoms with E-state index in [2.05, 4.69) is 5.32 Å². The lowest BCUT2D eigenvalue weighted by Crippen LogP contribution is -2.48. The summed E-state index contributed by atoms with van der Waals surface area (Å²) in [6.07, 6.45) is 0.578. The third-order valence-electron chi connectivity index (χ3n) is 3.93. The van der Waals surface area contributed by atoms with Crippen molar-refractivity contribution in [1.82, 2.24) is 10.2 Å². The summed E-state index contributed by atoms with van der Waals surface area (Å²) < 4.78 is 0. The van der Waals surface area contributed by atoms with Gasteiger partial charge in [0.25, 0.3) is 0 Å². The average Bonchev–Trinajstić information content (AvgIpc) is 2.67. The number of thioether (sulfide) groups is 1. The lowest BCUT2D eigenvalue weighted by molar-refractivity contribution is -0.139. The summed E-state index contributed by atoms with van der Waals surface area (Å²) in [5.74, 6) is 0.147. The molecule has 1 atom stereocenters. The van der Waals surface area contributed by atoms with Crippen molar-refractivity contribution in [3.05, 3.63) is 66.2 Å². The molecular weight excluding hydrogens is 332 g/mol. The zero-order chi connectivity index (χ0) is 18.1. The van der Waals surface area contributed by atoms with Crippen molar-refractivity contribution < 1.29 is 9.59 Å². The number of carbonyl (C=O) groups is 2. The Morgan fingerprint density at radius 3 is 2.20 bits per heavy atom. The number of benzene rings is 2. The second kappa shape index (κ2) is 9.89. The van der Waals surface area contributed by atoms with Crippen LogP contribution in [0.2, 0.25) is 0 Å². The fraction of sp³-hybridized carbons (Fsp3) is 0.300. The van der Waals surface area contributed by atoms with Gasteiger partial charge in [-0.1, -0.05) is 55.5 Å². The Kier molecular flexibility index (Phi) is 7.54. The minimum atomic E-state index is -0.464. The monoisotopic (exact) mass is 356 g/mol. The summed E-state index contributed by atoms with van der Waals surface area (Å²) in [5.41, 5.74) is 1.02. The van der Waals surface area contributed by atoms with Crippen molar-refractivity contribution in [2.45, 2.75) is 30.8 Å². The summed E-state index contributed by atoms with van der Waals surface area (Å²) in [6, 6.07) is 19.1. The van der Waals surface area contributed by atoms with E-state index >= 15 is 0 Å². The Balaban J connectivity index is 2.14. The van der Waals surface area contributed by atoms with Gasteiger partial charge < -0.3 is 10.2 Å². The van der Waals surface area contributed by atoms with Crippen molar-refractivity contribution in [1.29, 1.82) is 0 Å². The van der Waals surface area contributed by atoms with Crippen LogP contribution < -0.4 is 5.32 Å². The van der Waals surface area contributed by atoms with Gasteiger partial charge in [0, 0.05) is 18.5 Å². The van der Waals surface area contributed by atoms with Crippen LogP contribution in [0.1, 0.15) is 18.9 Å². The SMILES string of the molecule is CC[C@@H](C(=O)NC)N(Cc1ccccc1)C(=O)CSc1ccccc1.